The molecule has 3 aliphatic heterocycles. The first-order chi connectivity index (χ1) is 18.7. The number of anilines is 1. The van der Waals surface area contributed by atoms with Crippen molar-refractivity contribution in [2.75, 3.05) is 18.5 Å². The fourth-order valence-electron chi connectivity index (χ4n) is 4.48. The van der Waals surface area contributed by atoms with Gasteiger partial charge in [-0.25, -0.2) is 10.5 Å². The summed E-state index contributed by atoms with van der Waals surface area (Å²) in [6.45, 7) is 1.61. The summed E-state index contributed by atoms with van der Waals surface area (Å²) in [6, 6.07) is 16.2. The van der Waals surface area contributed by atoms with Crippen LogP contribution >= 0.6 is 0 Å². The van der Waals surface area contributed by atoms with E-state index in [2.05, 4.69) is 46.7 Å². The number of carbonyl (C=O) groups excluding carboxylic acids is 1. The molecule has 192 valence electrons. The molecule has 3 N–H and O–H groups in total. The second-order valence-electron chi connectivity index (χ2n) is 9.21. The highest BCUT2D eigenvalue weighted by molar-refractivity contribution is 6.52. The lowest BCUT2D eigenvalue weighted by Gasteiger charge is -2.16. The maximum Gasteiger partial charge on any atom is 0.267 e. The van der Waals surface area contributed by atoms with Crippen LogP contribution in [0.5, 0.6) is 0 Å². The van der Waals surface area contributed by atoms with Gasteiger partial charge < -0.3 is 10.1 Å². The van der Waals surface area contributed by atoms with Gasteiger partial charge in [-0.1, -0.05) is 60.2 Å². The maximum atomic E-state index is 11.3. The number of hydrogen-bond donors (Lipinski definition) is 3. The van der Waals surface area contributed by atoms with Gasteiger partial charge in [-0.3, -0.25) is 15.0 Å². The smallest absolute Gasteiger partial charge is 0.267 e. The number of carbonyl (C=O) groups is 1. The van der Waals surface area contributed by atoms with Gasteiger partial charge >= 0.3 is 0 Å². The van der Waals surface area contributed by atoms with E-state index >= 15 is 0 Å². The van der Waals surface area contributed by atoms with Crippen LogP contribution in [0.4, 0.5) is 5.69 Å². The fourth-order valence-corrected chi connectivity index (χ4v) is 4.48. The predicted molar refractivity (Wildman–Crippen MR) is 152 cm³/mol. The van der Waals surface area contributed by atoms with Gasteiger partial charge in [-0.15, -0.1) is 0 Å². The van der Waals surface area contributed by atoms with Gasteiger partial charge in [0.25, 0.3) is 5.91 Å². The molecule has 7 heteroatoms. The van der Waals surface area contributed by atoms with Crippen LogP contribution in [0, 0.1) is 0 Å². The summed E-state index contributed by atoms with van der Waals surface area (Å²) in [5.41, 5.74) is 9.76. The molecule has 0 saturated carbocycles. The van der Waals surface area contributed by atoms with Gasteiger partial charge in [0, 0.05) is 23.5 Å². The van der Waals surface area contributed by atoms with Gasteiger partial charge in [-0.2, -0.15) is 0 Å². The van der Waals surface area contributed by atoms with E-state index in [0.717, 1.165) is 72.7 Å². The number of benzene rings is 2. The molecule has 2 aromatic rings. The molecule has 7 nitrogen and oxygen atoms in total. The van der Waals surface area contributed by atoms with Crippen LogP contribution in [-0.2, 0) is 16.0 Å². The number of nitrogens with one attached hydrogen (secondary N) is 2. The lowest BCUT2D eigenvalue weighted by atomic mass is 10.0. The third-order valence-electron chi connectivity index (χ3n) is 6.50. The molecule has 0 aromatic heterocycles. The first-order valence-electron chi connectivity index (χ1n) is 12.8. The minimum atomic E-state index is -0.575. The van der Waals surface area contributed by atoms with E-state index in [1.807, 2.05) is 42.6 Å². The van der Waals surface area contributed by atoms with E-state index in [-0.39, 0.29) is 0 Å². The second kappa shape index (κ2) is 12.3. The zero-order valence-electron chi connectivity index (χ0n) is 21.1. The third-order valence-corrected chi connectivity index (χ3v) is 6.50. The molecule has 3 aliphatic rings. The molecule has 2 aromatic carbocycles. The molecule has 0 unspecified atom stereocenters. The van der Waals surface area contributed by atoms with Gasteiger partial charge in [0.2, 0.25) is 0 Å². The predicted octanol–water partition coefficient (Wildman–Crippen LogP) is 5.63. The number of amides is 1. The summed E-state index contributed by atoms with van der Waals surface area (Å²) < 4.78 is 5.56. The lowest BCUT2D eigenvalue weighted by Crippen LogP contribution is -2.25. The Bertz CT molecular complexity index is 1390. The molecule has 0 bridgehead atoms. The van der Waals surface area contributed by atoms with Crippen molar-refractivity contribution < 1.29 is 14.7 Å². The van der Waals surface area contributed by atoms with Crippen molar-refractivity contribution in [1.82, 2.24) is 5.48 Å². The number of aliphatic imine (C=N–C) groups is 2. The van der Waals surface area contributed by atoms with Crippen LogP contribution < -0.4 is 10.8 Å². The third kappa shape index (κ3) is 6.51. The minimum Gasteiger partial charge on any atom is -0.381 e. The standard InChI is InChI=1S/C31H30N4O3/c36-29(35-37)16-9-22-5-10-25(11-6-22)28-15-12-26-4-1-18-32-30(26)31(34-28)33-27-13-7-24(8-14-27)21-23-3-2-19-38-20-17-23/h1,3,5-16,18,37H,2,4,17,19-21H2,(H,33,34)(H,35,36)/b16-9+. The highest BCUT2D eigenvalue weighted by Crippen LogP contribution is 2.25. The van der Waals surface area contributed by atoms with Gasteiger partial charge in [0.05, 0.1) is 18.9 Å². The molecule has 0 spiro atoms. The molecule has 0 fully saturated rings. The molecule has 0 aliphatic carbocycles. The van der Waals surface area contributed by atoms with Crippen molar-refractivity contribution in [2.45, 2.75) is 25.7 Å². The molecule has 0 radical (unpaired) electrons. The second-order valence-corrected chi connectivity index (χ2v) is 9.21. The van der Waals surface area contributed by atoms with Crippen molar-refractivity contribution in [1.29, 1.82) is 0 Å². The average Bonchev–Trinajstić information content (AvgIpc) is 3.32. The van der Waals surface area contributed by atoms with Gasteiger partial charge in [0.15, 0.2) is 5.84 Å². The Balaban J connectivity index is 1.36. The number of allylic oxidation sites excluding steroid dienone is 3. The van der Waals surface area contributed by atoms with Crippen LogP contribution in [0.3, 0.4) is 0 Å². The summed E-state index contributed by atoms with van der Waals surface area (Å²) in [5, 5.41) is 12.2. The Labute approximate surface area is 222 Å². The van der Waals surface area contributed by atoms with Crippen LogP contribution in [0.2, 0.25) is 0 Å². The molecule has 38 heavy (non-hydrogen) atoms. The average molecular weight is 507 g/mol. The fraction of sp³-hybridized carbons (Fsp3) is 0.194. The number of hydroxylamine groups is 1. The van der Waals surface area contributed by atoms with Crippen molar-refractivity contribution in [3.8, 4) is 0 Å². The summed E-state index contributed by atoms with van der Waals surface area (Å²) in [6.07, 6.45) is 16.9. The Morgan fingerprint density at radius 2 is 1.89 bits per heavy atom. The number of fused-ring (bicyclic) bond motifs is 1. The van der Waals surface area contributed by atoms with Crippen LogP contribution in [-0.4, -0.2) is 35.9 Å². The van der Waals surface area contributed by atoms with Crippen molar-refractivity contribution in [3.05, 3.63) is 113 Å². The molecular weight excluding hydrogens is 476 g/mol. The van der Waals surface area contributed by atoms with Crippen LogP contribution in [0.25, 0.3) is 11.8 Å². The monoisotopic (exact) mass is 506 g/mol. The summed E-state index contributed by atoms with van der Waals surface area (Å²) in [4.78, 5) is 20.9. The minimum absolute atomic E-state index is 0.575. The molecule has 0 atom stereocenters. The van der Waals surface area contributed by atoms with E-state index in [4.69, 9.17) is 14.9 Å². The highest BCUT2D eigenvalue weighted by Gasteiger charge is 2.19. The number of amidine groups is 1. The largest absolute Gasteiger partial charge is 0.381 e. The van der Waals surface area contributed by atoms with Crippen LogP contribution in [0.1, 0.15) is 36.0 Å². The summed E-state index contributed by atoms with van der Waals surface area (Å²) in [7, 11) is 0. The van der Waals surface area contributed by atoms with Crippen LogP contribution in [0.15, 0.2) is 106 Å². The van der Waals surface area contributed by atoms with Crippen molar-refractivity contribution in [3.63, 3.8) is 0 Å². The Hall–Kier alpha value is -4.33. The normalized spacial score (nSPS) is 17.2. The highest BCUT2D eigenvalue weighted by atomic mass is 16.5. The van der Waals surface area contributed by atoms with E-state index < -0.39 is 5.91 Å². The Morgan fingerprint density at radius 1 is 1.05 bits per heavy atom. The lowest BCUT2D eigenvalue weighted by molar-refractivity contribution is -0.124. The topological polar surface area (TPSA) is 95.3 Å². The first-order valence-corrected chi connectivity index (χ1v) is 12.8. The maximum absolute atomic E-state index is 11.3. The Kier molecular flexibility index (Phi) is 8.18. The SMILES string of the molecule is O=C(/C=C/c1ccc(C2=CC=C3CC=CN=C3C(Nc3ccc(CC4=CCCOCC4)cc3)=N2)cc1)NO. The van der Waals surface area contributed by atoms with Crippen molar-refractivity contribution >= 4 is 34.9 Å². The quantitative estimate of drug-likeness (QED) is 0.205. The number of hydrogen-bond acceptors (Lipinski definition) is 6. The summed E-state index contributed by atoms with van der Waals surface area (Å²) in [5.74, 6) is 0.123. The molecule has 1 amide bonds. The zero-order chi connectivity index (χ0) is 26.2. The van der Waals surface area contributed by atoms with Crippen molar-refractivity contribution in [2.24, 2.45) is 9.98 Å². The van der Waals surface area contributed by atoms with E-state index in [1.165, 1.54) is 17.2 Å². The molecule has 3 heterocycles. The van der Waals surface area contributed by atoms with Gasteiger partial charge in [0.1, 0.15) is 5.71 Å². The summed E-state index contributed by atoms with van der Waals surface area (Å²) >= 11 is 0. The first kappa shape index (κ1) is 25.3. The molecular formula is C31H30N4O3. The zero-order valence-corrected chi connectivity index (χ0v) is 21.1. The Morgan fingerprint density at radius 3 is 2.71 bits per heavy atom. The number of rotatable bonds is 6. The number of ether oxygens (including phenoxy) is 1. The van der Waals surface area contributed by atoms with Gasteiger partial charge in [-0.05, 0) is 66.7 Å². The van der Waals surface area contributed by atoms with E-state index in [9.17, 15) is 4.79 Å². The molecule has 5 rings (SSSR count). The molecule has 0 saturated heterocycles. The van der Waals surface area contributed by atoms with E-state index in [0.29, 0.717) is 5.84 Å². The van der Waals surface area contributed by atoms with E-state index in [1.54, 1.807) is 11.6 Å². The number of nitrogens with zero attached hydrogens (tertiary/aromatic N) is 2.